The number of hydrogen-bond acceptors (Lipinski definition) is 7. The molecule has 8 nitrogen and oxygen atoms in total. The smallest absolute Gasteiger partial charge is 0.329 e. The Morgan fingerprint density at radius 1 is 1.06 bits per heavy atom. The molecule has 1 aliphatic rings. The van der Waals surface area contributed by atoms with Gasteiger partial charge in [-0.25, -0.2) is 9.69 Å². The zero-order valence-corrected chi connectivity index (χ0v) is 10.2. The minimum atomic E-state index is -0.982. The number of ether oxygens (including phenoxy) is 5. The number of nitrogens with zero attached hydrogens (tertiary/aromatic N) is 1. The number of carboxylic acid groups (broad SMARTS) is 1. The lowest BCUT2D eigenvalue weighted by molar-refractivity contribution is -0.206. The number of carbonyl (C=O) groups is 1. The molecule has 0 bridgehead atoms. The maximum Gasteiger partial charge on any atom is 0.329 e. The summed E-state index contributed by atoms with van der Waals surface area (Å²) in [6.45, 7) is 2.98. The molecule has 1 aliphatic heterocycles. The third kappa shape index (κ3) is 8.34. The van der Waals surface area contributed by atoms with Crippen molar-refractivity contribution in [2.75, 3.05) is 60.0 Å². The fourth-order valence-electron chi connectivity index (χ4n) is 1.19. The van der Waals surface area contributed by atoms with E-state index >= 15 is 0 Å². The molecule has 1 heterocycles. The van der Waals surface area contributed by atoms with Crippen LogP contribution in [0.5, 0.6) is 0 Å². The van der Waals surface area contributed by atoms with Crippen LogP contribution in [0, 0.1) is 0 Å². The first-order valence-corrected chi connectivity index (χ1v) is 5.62. The highest BCUT2D eigenvalue weighted by Gasteiger charge is 2.09. The van der Waals surface area contributed by atoms with Gasteiger partial charge < -0.3 is 28.8 Å². The second kappa shape index (κ2) is 10.2. The van der Waals surface area contributed by atoms with Crippen molar-refractivity contribution in [2.45, 2.75) is 0 Å². The van der Waals surface area contributed by atoms with Gasteiger partial charge in [0.05, 0.1) is 26.4 Å². The van der Waals surface area contributed by atoms with Crippen molar-refractivity contribution in [3.63, 3.8) is 0 Å². The number of hydrogen-bond donors (Lipinski definition) is 1. The Labute approximate surface area is 105 Å². The Morgan fingerprint density at radius 2 is 1.67 bits per heavy atom. The molecule has 8 heteroatoms. The minimum absolute atomic E-state index is 0.264. The molecule has 1 N–H and O–H groups in total. The first-order chi connectivity index (χ1) is 8.79. The molecule has 0 aromatic heterocycles. The zero-order valence-electron chi connectivity index (χ0n) is 10.2. The SMILES string of the molecule is O=C(O)COCCOCCOCN1COCOC1. The van der Waals surface area contributed by atoms with E-state index in [0.717, 1.165) is 0 Å². The fraction of sp³-hybridized carbons (Fsp3) is 0.900. The highest BCUT2D eigenvalue weighted by molar-refractivity contribution is 5.67. The van der Waals surface area contributed by atoms with Gasteiger partial charge in [-0.05, 0) is 0 Å². The van der Waals surface area contributed by atoms with Gasteiger partial charge in [0.15, 0.2) is 0 Å². The van der Waals surface area contributed by atoms with E-state index in [2.05, 4.69) is 0 Å². The second-order valence-corrected chi connectivity index (χ2v) is 3.55. The van der Waals surface area contributed by atoms with Crippen molar-refractivity contribution < 1.29 is 33.6 Å². The molecular weight excluding hydrogens is 246 g/mol. The van der Waals surface area contributed by atoms with E-state index < -0.39 is 5.97 Å². The Hall–Kier alpha value is -0.770. The van der Waals surface area contributed by atoms with Crippen molar-refractivity contribution in [3.05, 3.63) is 0 Å². The topological polar surface area (TPSA) is 86.7 Å². The maximum absolute atomic E-state index is 10.1. The van der Waals surface area contributed by atoms with Gasteiger partial charge in [-0.3, -0.25) is 0 Å². The van der Waals surface area contributed by atoms with Gasteiger partial charge in [0.25, 0.3) is 0 Å². The molecular formula is C10H19NO7. The maximum atomic E-state index is 10.1. The van der Waals surface area contributed by atoms with Gasteiger partial charge in [-0.2, -0.15) is 0 Å². The van der Waals surface area contributed by atoms with E-state index in [4.69, 9.17) is 28.8 Å². The summed E-state index contributed by atoms with van der Waals surface area (Å²) in [6.07, 6.45) is 0. The van der Waals surface area contributed by atoms with Crippen LogP contribution in [-0.4, -0.2) is 76.0 Å². The van der Waals surface area contributed by atoms with Crippen LogP contribution in [0.15, 0.2) is 0 Å². The van der Waals surface area contributed by atoms with Crippen molar-refractivity contribution in [1.29, 1.82) is 0 Å². The van der Waals surface area contributed by atoms with E-state index in [1.54, 1.807) is 0 Å². The van der Waals surface area contributed by atoms with Crippen LogP contribution in [0.3, 0.4) is 0 Å². The summed E-state index contributed by atoms with van der Waals surface area (Å²) in [5, 5.41) is 8.30. The predicted molar refractivity (Wildman–Crippen MR) is 58.7 cm³/mol. The zero-order chi connectivity index (χ0) is 13.1. The molecule has 0 radical (unpaired) electrons. The fourth-order valence-corrected chi connectivity index (χ4v) is 1.19. The molecule has 0 saturated carbocycles. The van der Waals surface area contributed by atoms with Gasteiger partial charge in [0.1, 0.15) is 33.6 Å². The van der Waals surface area contributed by atoms with E-state index in [1.807, 2.05) is 4.90 Å². The number of carboxylic acids is 1. The molecule has 0 amide bonds. The first kappa shape index (κ1) is 15.3. The van der Waals surface area contributed by atoms with Crippen LogP contribution in [0.4, 0.5) is 0 Å². The van der Waals surface area contributed by atoms with Crippen molar-refractivity contribution in [1.82, 2.24) is 4.90 Å². The van der Waals surface area contributed by atoms with E-state index in [-0.39, 0.29) is 13.2 Å². The first-order valence-electron chi connectivity index (χ1n) is 5.62. The highest BCUT2D eigenvalue weighted by atomic mass is 16.7. The second-order valence-electron chi connectivity index (χ2n) is 3.55. The lowest BCUT2D eigenvalue weighted by Gasteiger charge is -2.25. The molecule has 0 aliphatic carbocycles. The summed E-state index contributed by atoms with van der Waals surface area (Å²) in [7, 11) is 0. The Bertz CT molecular complexity index is 220. The van der Waals surface area contributed by atoms with E-state index in [1.165, 1.54) is 0 Å². The lowest BCUT2D eigenvalue weighted by Crippen LogP contribution is -2.36. The molecule has 1 saturated heterocycles. The molecule has 1 rings (SSSR count). The van der Waals surface area contributed by atoms with Gasteiger partial charge in [0, 0.05) is 0 Å². The van der Waals surface area contributed by atoms with Crippen LogP contribution in [-0.2, 0) is 28.5 Å². The third-order valence-corrected chi connectivity index (χ3v) is 1.96. The van der Waals surface area contributed by atoms with Crippen LogP contribution in [0.2, 0.25) is 0 Å². The molecule has 0 spiro atoms. The Kier molecular flexibility index (Phi) is 8.65. The molecule has 0 aromatic rings. The molecule has 106 valence electrons. The van der Waals surface area contributed by atoms with Crippen LogP contribution in [0.25, 0.3) is 0 Å². The molecule has 1 fully saturated rings. The van der Waals surface area contributed by atoms with Gasteiger partial charge in [-0.1, -0.05) is 0 Å². The van der Waals surface area contributed by atoms with Gasteiger partial charge in [0.2, 0.25) is 0 Å². The summed E-state index contributed by atoms with van der Waals surface area (Å²) in [5.41, 5.74) is 0. The molecule has 0 atom stereocenters. The normalized spacial score (nSPS) is 16.9. The van der Waals surface area contributed by atoms with Crippen LogP contribution >= 0.6 is 0 Å². The van der Waals surface area contributed by atoms with Crippen molar-refractivity contribution in [3.8, 4) is 0 Å². The average molecular weight is 265 g/mol. The number of rotatable bonds is 10. The van der Waals surface area contributed by atoms with Crippen LogP contribution in [0.1, 0.15) is 0 Å². The van der Waals surface area contributed by atoms with Crippen molar-refractivity contribution in [2.24, 2.45) is 0 Å². The lowest BCUT2D eigenvalue weighted by atomic mass is 10.7. The van der Waals surface area contributed by atoms with Gasteiger partial charge in [-0.15, -0.1) is 0 Å². The summed E-state index contributed by atoms with van der Waals surface area (Å²) in [4.78, 5) is 12.0. The largest absolute Gasteiger partial charge is 0.480 e. The third-order valence-electron chi connectivity index (χ3n) is 1.96. The summed E-state index contributed by atoms with van der Waals surface area (Å²) in [6, 6.07) is 0. The highest BCUT2D eigenvalue weighted by Crippen LogP contribution is 1.97. The number of aliphatic carboxylic acids is 1. The molecule has 18 heavy (non-hydrogen) atoms. The van der Waals surface area contributed by atoms with Crippen LogP contribution < -0.4 is 0 Å². The minimum Gasteiger partial charge on any atom is -0.480 e. The molecule has 0 aromatic carbocycles. The van der Waals surface area contributed by atoms with Crippen molar-refractivity contribution >= 4 is 5.97 Å². The summed E-state index contributed by atoms with van der Waals surface area (Å²) in [5.74, 6) is -0.982. The quantitative estimate of drug-likeness (QED) is 0.519. The monoisotopic (exact) mass is 265 g/mol. The Morgan fingerprint density at radius 3 is 2.33 bits per heavy atom. The average Bonchev–Trinajstić information content (AvgIpc) is 2.37. The predicted octanol–water partition coefficient (Wildman–Crippen LogP) is -0.700. The summed E-state index contributed by atoms with van der Waals surface area (Å²) >= 11 is 0. The molecule has 0 unspecified atom stereocenters. The van der Waals surface area contributed by atoms with Gasteiger partial charge >= 0.3 is 5.97 Å². The van der Waals surface area contributed by atoms with E-state index in [0.29, 0.717) is 46.8 Å². The Balaban J connectivity index is 1.76. The van der Waals surface area contributed by atoms with E-state index in [9.17, 15) is 4.79 Å². The standard InChI is InChI=1S/C10H19NO7/c12-10(13)5-15-3-1-14-2-4-16-6-11-7-17-9-18-8-11/h1-9H2,(H,12,13). The summed E-state index contributed by atoms with van der Waals surface area (Å²) < 4.78 is 25.4.